The summed E-state index contributed by atoms with van der Waals surface area (Å²) in [6.07, 6.45) is 1.51. The summed E-state index contributed by atoms with van der Waals surface area (Å²) >= 11 is 11.2. The molecule has 0 bridgehead atoms. The molecule has 0 saturated heterocycles. The fourth-order valence-corrected chi connectivity index (χ4v) is 0.818. The zero-order valence-corrected chi connectivity index (χ0v) is 8.96. The van der Waals surface area contributed by atoms with Gasteiger partial charge in [0, 0.05) is 0 Å². The molecule has 0 fully saturated rings. The van der Waals surface area contributed by atoms with Gasteiger partial charge in [0.15, 0.2) is 0 Å². The number of rotatable bonds is 3. The second kappa shape index (κ2) is 8.60. The maximum Gasteiger partial charge on any atom is 0.293 e. The number of carbonyl (C=O) groups excluding carboxylic acids is 1. The van der Waals surface area contributed by atoms with Crippen LogP contribution in [0.4, 0.5) is 0 Å². The van der Waals surface area contributed by atoms with Gasteiger partial charge >= 0.3 is 0 Å². The van der Waals surface area contributed by atoms with Gasteiger partial charge in [0.1, 0.15) is 6.61 Å². The predicted molar refractivity (Wildman–Crippen MR) is 58.7 cm³/mol. The van der Waals surface area contributed by atoms with E-state index in [9.17, 15) is 4.79 Å². The highest BCUT2D eigenvalue weighted by molar-refractivity contribution is 6.41. The van der Waals surface area contributed by atoms with Gasteiger partial charge in [0.25, 0.3) is 6.47 Å². The molecule has 0 radical (unpaired) electrons. The van der Waals surface area contributed by atoms with Crippen LogP contribution in [0.25, 0.3) is 0 Å². The fourth-order valence-electron chi connectivity index (χ4n) is 0.547. The van der Waals surface area contributed by atoms with Gasteiger partial charge in [0.2, 0.25) is 0 Å². The normalized spacial score (nSPS) is 8.14. The summed E-state index contributed by atoms with van der Waals surface area (Å²) in [4.78, 5) is 9.29. The van der Waals surface area contributed by atoms with Crippen molar-refractivity contribution in [2.24, 2.45) is 0 Å². The van der Waals surface area contributed by atoms with E-state index in [0.717, 1.165) is 0 Å². The standard InChI is InChI=1S/C6H4Cl2.C4H6O2/c7-5-3-1-2-4-6(5)8;1-2-3-6-4-5/h1-4H;2,4H,1,3H2. The van der Waals surface area contributed by atoms with Crippen LogP contribution in [0.2, 0.25) is 10.0 Å². The number of hydrogen-bond acceptors (Lipinski definition) is 2. The molecule has 0 aliphatic carbocycles. The van der Waals surface area contributed by atoms with E-state index in [0.29, 0.717) is 23.1 Å². The van der Waals surface area contributed by atoms with Crippen molar-refractivity contribution in [3.63, 3.8) is 0 Å². The van der Waals surface area contributed by atoms with Crippen molar-refractivity contribution in [1.82, 2.24) is 0 Å². The monoisotopic (exact) mass is 232 g/mol. The fraction of sp³-hybridized carbons (Fsp3) is 0.100. The van der Waals surface area contributed by atoms with Crippen LogP contribution in [-0.2, 0) is 9.53 Å². The predicted octanol–water partition coefficient (Wildman–Crippen LogP) is 3.34. The smallest absolute Gasteiger partial charge is 0.293 e. The van der Waals surface area contributed by atoms with Crippen LogP contribution >= 0.6 is 23.2 Å². The highest BCUT2D eigenvalue weighted by Crippen LogP contribution is 2.19. The largest absolute Gasteiger partial charge is 0.464 e. The van der Waals surface area contributed by atoms with Crippen LogP contribution in [0.5, 0.6) is 0 Å². The van der Waals surface area contributed by atoms with Crippen molar-refractivity contribution in [2.75, 3.05) is 6.61 Å². The van der Waals surface area contributed by atoms with Gasteiger partial charge in [0.05, 0.1) is 10.0 Å². The number of carbonyl (C=O) groups is 1. The van der Waals surface area contributed by atoms with Crippen LogP contribution in [0.15, 0.2) is 36.9 Å². The first-order valence-corrected chi connectivity index (χ1v) is 4.54. The number of halogens is 2. The Morgan fingerprint density at radius 2 is 1.79 bits per heavy atom. The molecule has 0 aliphatic rings. The molecule has 0 spiro atoms. The van der Waals surface area contributed by atoms with E-state index in [2.05, 4.69) is 11.3 Å². The van der Waals surface area contributed by atoms with E-state index >= 15 is 0 Å². The molecule has 0 unspecified atom stereocenters. The topological polar surface area (TPSA) is 26.3 Å². The Labute approximate surface area is 93.1 Å². The second-order valence-corrected chi connectivity index (χ2v) is 2.95. The van der Waals surface area contributed by atoms with Crippen LogP contribution in [0.1, 0.15) is 0 Å². The number of hydrogen-bond donors (Lipinski definition) is 0. The summed E-state index contributed by atoms with van der Waals surface area (Å²) in [7, 11) is 0. The highest BCUT2D eigenvalue weighted by Gasteiger charge is 1.89. The third kappa shape index (κ3) is 6.52. The minimum absolute atomic E-state index is 0.309. The molecule has 0 amide bonds. The van der Waals surface area contributed by atoms with Gasteiger partial charge in [-0.15, -0.1) is 0 Å². The molecule has 1 aromatic carbocycles. The Morgan fingerprint density at radius 1 is 1.29 bits per heavy atom. The second-order valence-electron chi connectivity index (χ2n) is 2.13. The van der Waals surface area contributed by atoms with E-state index in [1.807, 2.05) is 12.1 Å². The number of ether oxygens (including phenoxy) is 1. The van der Waals surface area contributed by atoms with Crippen molar-refractivity contribution in [1.29, 1.82) is 0 Å². The molecule has 14 heavy (non-hydrogen) atoms. The third-order valence-corrected chi connectivity index (χ3v) is 1.86. The minimum Gasteiger partial charge on any atom is -0.464 e. The maximum absolute atomic E-state index is 9.29. The van der Waals surface area contributed by atoms with Crippen molar-refractivity contribution in [3.8, 4) is 0 Å². The molecule has 0 N–H and O–H groups in total. The summed E-state index contributed by atoms with van der Waals surface area (Å²) in [6, 6.07) is 7.19. The van der Waals surface area contributed by atoms with Gasteiger partial charge in [-0.25, -0.2) is 0 Å². The first-order chi connectivity index (χ1) is 6.72. The van der Waals surface area contributed by atoms with Crippen molar-refractivity contribution < 1.29 is 9.53 Å². The van der Waals surface area contributed by atoms with Crippen LogP contribution in [0.3, 0.4) is 0 Å². The molecule has 0 aliphatic heterocycles. The SMILES string of the molecule is C=CCOC=O.Clc1ccccc1Cl. The Balaban J connectivity index is 0.000000255. The molecule has 0 heterocycles. The lowest BCUT2D eigenvalue weighted by Crippen LogP contribution is -1.83. The molecule has 2 nitrogen and oxygen atoms in total. The molecule has 1 aromatic rings. The first-order valence-electron chi connectivity index (χ1n) is 3.78. The van der Waals surface area contributed by atoms with E-state index in [1.165, 1.54) is 6.08 Å². The minimum atomic E-state index is 0.309. The summed E-state index contributed by atoms with van der Waals surface area (Å²) < 4.78 is 4.18. The van der Waals surface area contributed by atoms with E-state index in [-0.39, 0.29) is 0 Å². The molecule has 0 aromatic heterocycles. The van der Waals surface area contributed by atoms with Crippen LogP contribution < -0.4 is 0 Å². The Kier molecular flexibility index (Phi) is 7.99. The van der Waals surface area contributed by atoms with Crippen LogP contribution in [-0.4, -0.2) is 13.1 Å². The zero-order valence-electron chi connectivity index (χ0n) is 7.45. The summed E-state index contributed by atoms with van der Waals surface area (Å²) in [5.41, 5.74) is 0. The lowest BCUT2D eigenvalue weighted by molar-refractivity contribution is -0.127. The van der Waals surface area contributed by atoms with Crippen molar-refractivity contribution >= 4 is 29.7 Å². The summed E-state index contributed by atoms with van der Waals surface area (Å²) in [5, 5.41) is 1.21. The summed E-state index contributed by atoms with van der Waals surface area (Å²) in [6.45, 7) is 4.01. The van der Waals surface area contributed by atoms with E-state index in [4.69, 9.17) is 23.2 Å². The summed E-state index contributed by atoms with van der Waals surface area (Å²) in [5.74, 6) is 0. The molecule has 4 heteroatoms. The molecular weight excluding hydrogens is 223 g/mol. The maximum atomic E-state index is 9.29. The lowest BCUT2D eigenvalue weighted by atomic mass is 10.4. The quantitative estimate of drug-likeness (QED) is 0.454. The Bertz CT molecular complexity index is 258. The zero-order chi connectivity index (χ0) is 10.8. The molecular formula is C10H10Cl2O2. The van der Waals surface area contributed by atoms with Crippen LogP contribution in [0, 0.1) is 0 Å². The van der Waals surface area contributed by atoms with Crippen molar-refractivity contribution in [3.05, 3.63) is 47.0 Å². The molecule has 76 valence electrons. The lowest BCUT2D eigenvalue weighted by Gasteiger charge is -1.88. The Morgan fingerprint density at radius 3 is 2.00 bits per heavy atom. The number of benzene rings is 1. The average molecular weight is 233 g/mol. The van der Waals surface area contributed by atoms with Crippen molar-refractivity contribution in [2.45, 2.75) is 0 Å². The van der Waals surface area contributed by atoms with Gasteiger partial charge in [-0.2, -0.15) is 0 Å². The first kappa shape index (κ1) is 13.0. The van der Waals surface area contributed by atoms with Gasteiger partial charge < -0.3 is 4.74 Å². The van der Waals surface area contributed by atoms with Gasteiger partial charge in [-0.1, -0.05) is 48.0 Å². The van der Waals surface area contributed by atoms with Gasteiger partial charge in [-0.05, 0) is 12.1 Å². The van der Waals surface area contributed by atoms with E-state index in [1.54, 1.807) is 12.1 Å². The molecule has 0 saturated carbocycles. The highest BCUT2D eigenvalue weighted by atomic mass is 35.5. The average Bonchev–Trinajstić information content (AvgIpc) is 2.20. The van der Waals surface area contributed by atoms with E-state index < -0.39 is 0 Å². The molecule has 1 rings (SSSR count). The van der Waals surface area contributed by atoms with Gasteiger partial charge in [-0.3, -0.25) is 4.79 Å². The third-order valence-electron chi connectivity index (χ3n) is 1.11. The molecule has 0 atom stereocenters. The Hall–Kier alpha value is -0.990.